The molecule has 1 aliphatic rings. The smallest absolute Gasteiger partial charge is 0.241 e. The van der Waals surface area contributed by atoms with Gasteiger partial charge in [-0.3, -0.25) is 10.1 Å². The summed E-state index contributed by atoms with van der Waals surface area (Å²) in [6.07, 6.45) is 1.11. The Kier molecular flexibility index (Phi) is 4.14. The predicted molar refractivity (Wildman–Crippen MR) is 62.4 cm³/mol. The minimum absolute atomic E-state index is 0.0381. The van der Waals surface area contributed by atoms with E-state index in [1.807, 2.05) is 4.90 Å². The lowest BCUT2D eigenvalue weighted by Crippen LogP contribution is -2.43. The summed E-state index contributed by atoms with van der Waals surface area (Å²) in [7, 11) is 0. The second-order valence-electron chi connectivity index (χ2n) is 5.20. The van der Waals surface area contributed by atoms with Crippen LogP contribution in [0.5, 0.6) is 0 Å². The zero-order chi connectivity index (χ0) is 11.6. The summed E-state index contributed by atoms with van der Waals surface area (Å²) in [5.74, 6) is 1.29. The van der Waals surface area contributed by atoms with Gasteiger partial charge >= 0.3 is 0 Å². The van der Waals surface area contributed by atoms with Crippen LogP contribution in [0, 0.1) is 11.8 Å². The van der Waals surface area contributed by atoms with Crippen molar-refractivity contribution >= 4 is 5.91 Å². The first-order chi connectivity index (χ1) is 6.97. The molecule has 0 radical (unpaired) electrons. The van der Waals surface area contributed by atoms with Crippen molar-refractivity contribution in [3.63, 3.8) is 0 Å². The van der Waals surface area contributed by atoms with Crippen molar-refractivity contribution in [2.75, 3.05) is 6.54 Å². The summed E-state index contributed by atoms with van der Waals surface area (Å²) in [4.78, 5) is 14.1. The van der Waals surface area contributed by atoms with Crippen molar-refractivity contribution in [3.8, 4) is 0 Å². The van der Waals surface area contributed by atoms with Gasteiger partial charge < -0.3 is 4.90 Å². The van der Waals surface area contributed by atoms with E-state index in [4.69, 9.17) is 0 Å². The molecule has 2 atom stereocenters. The van der Waals surface area contributed by atoms with E-state index in [9.17, 15) is 4.79 Å². The van der Waals surface area contributed by atoms with Gasteiger partial charge in [0, 0.05) is 6.54 Å². The van der Waals surface area contributed by atoms with Gasteiger partial charge in [-0.15, -0.1) is 0 Å². The average molecular weight is 212 g/mol. The number of nitrogens with one attached hydrogen (secondary N) is 1. The first kappa shape index (κ1) is 12.5. The summed E-state index contributed by atoms with van der Waals surface area (Å²) < 4.78 is 0. The molecule has 0 bridgehead atoms. The van der Waals surface area contributed by atoms with E-state index >= 15 is 0 Å². The topological polar surface area (TPSA) is 32.3 Å². The minimum atomic E-state index is 0.0381. The largest absolute Gasteiger partial charge is 0.325 e. The summed E-state index contributed by atoms with van der Waals surface area (Å²) >= 11 is 0. The lowest BCUT2D eigenvalue weighted by atomic mass is 10.1. The third kappa shape index (κ3) is 2.71. The Morgan fingerprint density at radius 3 is 2.33 bits per heavy atom. The van der Waals surface area contributed by atoms with Crippen LogP contribution >= 0.6 is 0 Å². The van der Waals surface area contributed by atoms with Gasteiger partial charge in [0.25, 0.3) is 0 Å². The lowest BCUT2D eigenvalue weighted by molar-refractivity contribution is -0.131. The summed E-state index contributed by atoms with van der Waals surface area (Å²) in [5.41, 5.74) is 0. The fourth-order valence-electron chi connectivity index (χ4n) is 2.15. The summed E-state index contributed by atoms with van der Waals surface area (Å²) in [6, 6.07) is 0.0381. The van der Waals surface area contributed by atoms with E-state index < -0.39 is 0 Å². The number of rotatable bonds is 4. The molecule has 1 heterocycles. The molecule has 1 N–H and O–H groups in total. The Morgan fingerprint density at radius 2 is 1.93 bits per heavy atom. The molecule has 0 spiro atoms. The van der Waals surface area contributed by atoms with Crippen LogP contribution in [0.3, 0.4) is 0 Å². The molecule has 0 aromatic rings. The molecular formula is C12H24N2O. The molecule has 1 fully saturated rings. The molecule has 2 unspecified atom stereocenters. The van der Waals surface area contributed by atoms with Crippen molar-refractivity contribution in [2.24, 2.45) is 11.8 Å². The molecule has 0 aromatic carbocycles. The highest BCUT2D eigenvalue weighted by Crippen LogP contribution is 2.20. The second-order valence-corrected chi connectivity index (χ2v) is 5.20. The van der Waals surface area contributed by atoms with E-state index in [-0.39, 0.29) is 18.1 Å². The fourth-order valence-corrected chi connectivity index (χ4v) is 2.15. The van der Waals surface area contributed by atoms with Crippen molar-refractivity contribution in [1.29, 1.82) is 0 Å². The minimum Gasteiger partial charge on any atom is -0.325 e. The van der Waals surface area contributed by atoms with E-state index in [1.165, 1.54) is 0 Å². The van der Waals surface area contributed by atoms with Crippen molar-refractivity contribution in [3.05, 3.63) is 0 Å². The SMILES string of the molecule is CCC1NC(C(C)C)N(CC(C)C)C1=O. The third-order valence-corrected chi connectivity index (χ3v) is 2.89. The van der Waals surface area contributed by atoms with Crippen LogP contribution < -0.4 is 5.32 Å². The molecule has 3 heteroatoms. The molecule has 3 nitrogen and oxygen atoms in total. The number of hydrogen-bond donors (Lipinski definition) is 1. The van der Waals surface area contributed by atoms with Crippen LogP contribution in [0.4, 0.5) is 0 Å². The van der Waals surface area contributed by atoms with Gasteiger partial charge in [0.2, 0.25) is 5.91 Å². The van der Waals surface area contributed by atoms with Crippen LogP contribution in [0.15, 0.2) is 0 Å². The number of hydrogen-bond acceptors (Lipinski definition) is 2. The van der Waals surface area contributed by atoms with Crippen molar-refractivity contribution in [1.82, 2.24) is 10.2 Å². The van der Waals surface area contributed by atoms with Gasteiger partial charge in [0.15, 0.2) is 0 Å². The molecule has 1 saturated heterocycles. The van der Waals surface area contributed by atoms with E-state index in [0.29, 0.717) is 11.8 Å². The predicted octanol–water partition coefficient (Wildman–Crippen LogP) is 1.83. The van der Waals surface area contributed by atoms with Crippen LogP contribution in [-0.4, -0.2) is 29.6 Å². The third-order valence-electron chi connectivity index (χ3n) is 2.89. The zero-order valence-electron chi connectivity index (χ0n) is 10.6. The molecule has 88 valence electrons. The van der Waals surface area contributed by atoms with Gasteiger partial charge in [-0.1, -0.05) is 34.6 Å². The average Bonchev–Trinajstić information content (AvgIpc) is 2.43. The maximum atomic E-state index is 12.1. The maximum Gasteiger partial charge on any atom is 0.241 e. The Bertz CT molecular complexity index is 226. The first-order valence-electron chi connectivity index (χ1n) is 6.03. The van der Waals surface area contributed by atoms with Crippen LogP contribution in [-0.2, 0) is 4.79 Å². The van der Waals surface area contributed by atoms with Crippen LogP contribution in [0.2, 0.25) is 0 Å². The molecule has 1 aliphatic heterocycles. The molecule has 1 amide bonds. The Hall–Kier alpha value is -0.570. The molecule has 0 saturated carbocycles. The standard InChI is InChI=1S/C12H24N2O/c1-6-10-12(15)14(7-8(2)3)11(13-10)9(4)5/h8-11,13H,6-7H2,1-5H3. The first-order valence-corrected chi connectivity index (χ1v) is 6.03. The van der Waals surface area contributed by atoms with E-state index in [0.717, 1.165) is 13.0 Å². The number of amides is 1. The highest BCUT2D eigenvalue weighted by Gasteiger charge is 2.38. The van der Waals surface area contributed by atoms with Crippen molar-refractivity contribution < 1.29 is 4.79 Å². The number of nitrogens with zero attached hydrogens (tertiary/aromatic N) is 1. The normalized spacial score (nSPS) is 27.1. The van der Waals surface area contributed by atoms with Gasteiger partial charge in [-0.2, -0.15) is 0 Å². The Labute approximate surface area is 93.2 Å². The van der Waals surface area contributed by atoms with Gasteiger partial charge in [-0.25, -0.2) is 0 Å². The molecule has 0 aliphatic carbocycles. The quantitative estimate of drug-likeness (QED) is 0.771. The highest BCUT2D eigenvalue weighted by atomic mass is 16.2. The number of carbonyl (C=O) groups is 1. The Balaban J connectivity index is 2.74. The molecule has 1 rings (SSSR count). The van der Waals surface area contributed by atoms with Gasteiger partial charge in [-0.05, 0) is 18.3 Å². The Morgan fingerprint density at radius 1 is 1.33 bits per heavy atom. The van der Waals surface area contributed by atoms with E-state index in [1.54, 1.807) is 0 Å². The monoisotopic (exact) mass is 212 g/mol. The summed E-state index contributed by atoms with van der Waals surface area (Å²) in [6.45, 7) is 11.6. The molecular weight excluding hydrogens is 188 g/mol. The molecule has 0 aromatic heterocycles. The highest BCUT2D eigenvalue weighted by molar-refractivity contribution is 5.84. The van der Waals surface area contributed by atoms with E-state index in [2.05, 4.69) is 39.9 Å². The van der Waals surface area contributed by atoms with Crippen LogP contribution in [0.25, 0.3) is 0 Å². The summed E-state index contributed by atoms with van der Waals surface area (Å²) in [5, 5.41) is 3.42. The van der Waals surface area contributed by atoms with Crippen molar-refractivity contribution in [2.45, 2.75) is 53.2 Å². The lowest BCUT2D eigenvalue weighted by Gasteiger charge is -2.28. The van der Waals surface area contributed by atoms with Crippen LogP contribution in [0.1, 0.15) is 41.0 Å². The zero-order valence-corrected chi connectivity index (χ0v) is 10.6. The second kappa shape index (κ2) is 4.97. The molecule has 15 heavy (non-hydrogen) atoms. The number of carbonyl (C=O) groups excluding carboxylic acids is 1. The fraction of sp³-hybridized carbons (Fsp3) is 0.917. The van der Waals surface area contributed by atoms with Gasteiger partial charge in [0.1, 0.15) is 0 Å². The maximum absolute atomic E-state index is 12.1. The van der Waals surface area contributed by atoms with Gasteiger partial charge in [0.05, 0.1) is 12.2 Å².